The normalized spacial score (nSPS) is 19.4. The lowest BCUT2D eigenvalue weighted by atomic mass is 10.1. The predicted octanol–water partition coefficient (Wildman–Crippen LogP) is 3.37. The molecular formula is C21H22FN3O2. The Morgan fingerprint density at radius 3 is 2.67 bits per heavy atom. The number of benzene rings is 1. The maximum Gasteiger partial charge on any atom is 0.256 e. The maximum atomic E-state index is 13.2. The van der Waals surface area contributed by atoms with Crippen molar-refractivity contribution >= 4 is 11.8 Å². The highest BCUT2D eigenvalue weighted by atomic mass is 19.1. The number of hydrogen-bond donors (Lipinski definition) is 1. The topological polar surface area (TPSA) is 62.3 Å². The monoisotopic (exact) mass is 367 g/mol. The van der Waals surface area contributed by atoms with Crippen molar-refractivity contribution in [3.8, 4) is 0 Å². The van der Waals surface area contributed by atoms with E-state index in [1.54, 1.807) is 35.4 Å². The van der Waals surface area contributed by atoms with Gasteiger partial charge in [-0.3, -0.25) is 14.6 Å². The number of aromatic nitrogens is 1. The van der Waals surface area contributed by atoms with Gasteiger partial charge in [-0.05, 0) is 42.7 Å². The molecule has 0 bridgehead atoms. The number of halogens is 1. The van der Waals surface area contributed by atoms with E-state index in [0.29, 0.717) is 17.8 Å². The van der Waals surface area contributed by atoms with Crippen LogP contribution in [-0.4, -0.2) is 27.7 Å². The minimum Gasteiger partial charge on any atom is -0.353 e. The molecule has 2 heterocycles. The number of pyridine rings is 1. The third kappa shape index (κ3) is 3.70. The Hall–Kier alpha value is -2.76. The first-order valence-electron chi connectivity index (χ1n) is 9.41. The van der Waals surface area contributed by atoms with Crippen LogP contribution >= 0.6 is 0 Å². The lowest BCUT2D eigenvalue weighted by Gasteiger charge is -2.25. The van der Waals surface area contributed by atoms with Gasteiger partial charge in [-0.2, -0.15) is 0 Å². The van der Waals surface area contributed by atoms with E-state index < -0.39 is 6.04 Å². The van der Waals surface area contributed by atoms with Crippen molar-refractivity contribution in [2.24, 2.45) is 0 Å². The lowest BCUT2D eigenvalue weighted by Crippen LogP contribution is -2.36. The standard InChI is InChI=1S/C21H22FN3O2/c22-15-9-7-14(8-10-15)13-25-18(12-19(26)24-16-4-1-2-5-16)20-17(21(25)27)6-3-11-23-20/h3,6-11,16,18H,1-2,4-5,12-13H2,(H,24,26). The van der Waals surface area contributed by atoms with Crippen molar-refractivity contribution in [2.45, 2.75) is 50.7 Å². The number of fused-ring (bicyclic) bond motifs is 1. The summed E-state index contributed by atoms with van der Waals surface area (Å²) < 4.78 is 13.2. The van der Waals surface area contributed by atoms with E-state index in [9.17, 15) is 14.0 Å². The van der Waals surface area contributed by atoms with E-state index in [-0.39, 0.29) is 30.1 Å². The summed E-state index contributed by atoms with van der Waals surface area (Å²) in [5.41, 5.74) is 2.00. The smallest absolute Gasteiger partial charge is 0.256 e. The first-order valence-corrected chi connectivity index (χ1v) is 9.41. The molecule has 5 nitrogen and oxygen atoms in total. The van der Waals surface area contributed by atoms with Crippen LogP contribution in [0.5, 0.6) is 0 Å². The van der Waals surface area contributed by atoms with Crippen LogP contribution in [0.1, 0.15) is 59.8 Å². The molecule has 2 aliphatic rings. The van der Waals surface area contributed by atoms with E-state index in [2.05, 4.69) is 10.3 Å². The maximum absolute atomic E-state index is 13.2. The Labute approximate surface area is 157 Å². The molecule has 2 amide bonds. The fraction of sp³-hybridized carbons (Fsp3) is 0.381. The Morgan fingerprint density at radius 2 is 1.93 bits per heavy atom. The highest BCUT2D eigenvalue weighted by Gasteiger charge is 2.39. The third-order valence-electron chi connectivity index (χ3n) is 5.39. The molecule has 1 N–H and O–H groups in total. The van der Waals surface area contributed by atoms with Gasteiger partial charge in [-0.25, -0.2) is 4.39 Å². The fourth-order valence-electron chi connectivity index (χ4n) is 4.02. The van der Waals surface area contributed by atoms with Crippen molar-refractivity contribution in [3.63, 3.8) is 0 Å². The fourth-order valence-corrected chi connectivity index (χ4v) is 4.02. The Bertz CT molecular complexity index is 847. The minimum absolute atomic E-state index is 0.0534. The SMILES string of the molecule is O=C(CC1c2ncccc2C(=O)N1Cc1ccc(F)cc1)NC1CCCC1. The van der Waals surface area contributed by atoms with Gasteiger partial charge in [-0.1, -0.05) is 25.0 Å². The largest absolute Gasteiger partial charge is 0.353 e. The van der Waals surface area contributed by atoms with Crippen LogP contribution in [0.3, 0.4) is 0 Å². The van der Waals surface area contributed by atoms with Crippen LogP contribution in [0, 0.1) is 5.82 Å². The van der Waals surface area contributed by atoms with Crippen molar-refractivity contribution in [1.29, 1.82) is 0 Å². The van der Waals surface area contributed by atoms with Crippen molar-refractivity contribution in [3.05, 3.63) is 65.2 Å². The van der Waals surface area contributed by atoms with Crippen LogP contribution in [0.25, 0.3) is 0 Å². The first-order chi connectivity index (χ1) is 13.1. The summed E-state index contributed by atoms with van der Waals surface area (Å²) in [6.07, 6.45) is 6.16. The second-order valence-electron chi connectivity index (χ2n) is 7.26. The number of nitrogens with one attached hydrogen (secondary N) is 1. The van der Waals surface area contributed by atoms with E-state index >= 15 is 0 Å². The quantitative estimate of drug-likeness (QED) is 0.881. The van der Waals surface area contributed by atoms with Gasteiger partial charge in [0.05, 0.1) is 23.7 Å². The third-order valence-corrected chi connectivity index (χ3v) is 5.39. The molecule has 2 aromatic rings. The summed E-state index contributed by atoms with van der Waals surface area (Å²) in [6, 6.07) is 9.39. The van der Waals surface area contributed by atoms with Crippen LogP contribution in [0.15, 0.2) is 42.6 Å². The summed E-state index contributed by atoms with van der Waals surface area (Å²) >= 11 is 0. The summed E-state index contributed by atoms with van der Waals surface area (Å²) in [7, 11) is 0. The summed E-state index contributed by atoms with van der Waals surface area (Å²) in [5, 5.41) is 3.09. The highest BCUT2D eigenvalue weighted by molar-refractivity contribution is 5.99. The zero-order valence-corrected chi connectivity index (χ0v) is 15.0. The molecule has 27 heavy (non-hydrogen) atoms. The second-order valence-corrected chi connectivity index (χ2v) is 7.26. The lowest BCUT2D eigenvalue weighted by molar-refractivity contribution is -0.122. The van der Waals surface area contributed by atoms with Gasteiger partial charge in [0.1, 0.15) is 5.82 Å². The molecule has 1 unspecified atom stereocenters. The van der Waals surface area contributed by atoms with Gasteiger partial charge in [0.15, 0.2) is 0 Å². The Morgan fingerprint density at radius 1 is 1.19 bits per heavy atom. The number of rotatable bonds is 5. The molecule has 1 aliphatic heterocycles. The molecule has 1 aromatic carbocycles. The van der Waals surface area contributed by atoms with E-state index in [1.165, 1.54) is 12.1 Å². The Kier molecular flexibility index (Phi) is 4.88. The van der Waals surface area contributed by atoms with Crippen LogP contribution < -0.4 is 5.32 Å². The van der Waals surface area contributed by atoms with Gasteiger partial charge >= 0.3 is 0 Å². The van der Waals surface area contributed by atoms with Crippen molar-refractivity contribution < 1.29 is 14.0 Å². The molecule has 0 saturated heterocycles. The molecule has 1 fully saturated rings. The predicted molar refractivity (Wildman–Crippen MR) is 98.3 cm³/mol. The van der Waals surface area contributed by atoms with E-state index in [4.69, 9.17) is 0 Å². The molecular weight excluding hydrogens is 345 g/mol. The summed E-state index contributed by atoms with van der Waals surface area (Å²) in [4.78, 5) is 31.5. The number of carbonyl (C=O) groups is 2. The van der Waals surface area contributed by atoms with Gasteiger partial charge < -0.3 is 10.2 Å². The average molecular weight is 367 g/mol. The second kappa shape index (κ2) is 7.47. The molecule has 6 heteroatoms. The van der Waals surface area contributed by atoms with Gasteiger partial charge in [-0.15, -0.1) is 0 Å². The molecule has 0 spiro atoms. The van der Waals surface area contributed by atoms with E-state index in [0.717, 1.165) is 31.2 Å². The van der Waals surface area contributed by atoms with E-state index in [1.807, 2.05) is 0 Å². The Balaban J connectivity index is 1.55. The summed E-state index contributed by atoms with van der Waals surface area (Å²) in [5.74, 6) is -0.507. The van der Waals surface area contributed by atoms with Gasteiger partial charge in [0.25, 0.3) is 5.91 Å². The van der Waals surface area contributed by atoms with Gasteiger partial charge in [0, 0.05) is 18.8 Å². The number of nitrogens with zero attached hydrogens (tertiary/aromatic N) is 2. The van der Waals surface area contributed by atoms with Crippen molar-refractivity contribution in [1.82, 2.24) is 15.2 Å². The highest BCUT2D eigenvalue weighted by Crippen LogP contribution is 2.35. The molecule has 0 radical (unpaired) electrons. The molecule has 1 aromatic heterocycles. The average Bonchev–Trinajstić information content (AvgIpc) is 3.26. The van der Waals surface area contributed by atoms with Crippen molar-refractivity contribution in [2.75, 3.05) is 0 Å². The van der Waals surface area contributed by atoms with Crippen LogP contribution in [-0.2, 0) is 11.3 Å². The molecule has 1 aliphatic carbocycles. The minimum atomic E-state index is -0.403. The molecule has 4 rings (SSSR count). The zero-order valence-electron chi connectivity index (χ0n) is 15.0. The zero-order chi connectivity index (χ0) is 18.8. The number of carbonyl (C=O) groups excluding carboxylic acids is 2. The van der Waals surface area contributed by atoms with Crippen LogP contribution in [0.4, 0.5) is 4.39 Å². The molecule has 1 saturated carbocycles. The molecule has 140 valence electrons. The first kappa shape index (κ1) is 17.6. The number of amides is 2. The van der Waals surface area contributed by atoms with Gasteiger partial charge in [0.2, 0.25) is 5.91 Å². The molecule has 1 atom stereocenters. The number of hydrogen-bond acceptors (Lipinski definition) is 3. The van der Waals surface area contributed by atoms with Crippen LogP contribution in [0.2, 0.25) is 0 Å². The summed E-state index contributed by atoms with van der Waals surface area (Å²) in [6.45, 7) is 0.316.